The maximum absolute atomic E-state index is 13.3. The van der Waals surface area contributed by atoms with E-state index in [0.717, 1.165) is 4.47 Å². The molecule has 1 aromatic carbocycles. The van der Waals surface area contributed by atoms with Gasteiger partial charge in [-0.25, -0.2) is 4.39 Å². The highest BCUT2D eigenvalue weighted by atomic mass is 79.9. The lowest BCUT2D eigenvalue weighted by Crippen LogP contribution is -2.36. The first-order chi connectivity index (χ1) is 7.99. The number of hydrazone groups is 1. The molecule has 2 N–H and O–H groups in total. The van der Waals surface area contributed by atoms with Crippen LogP contribution in [0.4, 0.5) is 4.39 Å². The van der Waals surface area contributed by atoms with Gasteiger partial charge in [-0.05, 0) is 44.3 Å². The Bertz CT molecular complexity index is 435. The van der Waals surface area contributed by atoms with E-state index in [1.165, 1.54) is 12.3 Å². The highest BCUT2D eigenvalue weighted by Crippen LogP contribution is 2.13. The van der Waals surface area contributed by atoms with Gasteiger partial charge in [-0.1, -0.05) is 15.9 Å². The molecule has 0 aliphatic rings. The first-order valence-corrected chi connectivity index (χ1v) is 6.24. The van der Waals surface area contributed by atoms with Gasteiger partial charge in [0.05, 0.1) is 6.21 Å². The van der Waals surface area contributed by atoms with Crippen LogP contribution in [0.3, 0.4) is 0 Å². The van der Waals surface area contributed by atoms with Crippen molar-refractivity contribution in [2.75, 3.05) is 0 Å². The second kappa shape index (κ2) is 6.66. The molecule has 0 radical (unpaired) electrons. The van der Waals surface area contributed by atoms with Crippen LogP contribution in [0.15, 0.2) is 27.8 Å². The predicted octanol–water partition coefficient (Wildman–Crippen LogP) is 2.79. The molecular weight excluding hydrogens is 305 g/mol. The van der Waals surface area contributed by atoms with Crippen LogP contribution in [-0.4, -0.2) is 17.4 Å². The SMILES string of the molecule is CC(C)NC(=S)N/N=C\c1cc(Br)ccc1F. The van der Waals surface area contributed by atoms with Gasteiger partial charge in [0.2, 0.25) is 0 Å². The van der Waals surface area contributed by atoms with Crippen molar-refractivity contribution in [3.8, 4) is 0 Å². The van der Waals surface area contributed by atoms with Crippen molar-refractivity contribution in [2.45, 2.75) is 19.9 Å². The monoisotopic (exact) mass is 317 g/mol. The lowest BCUT2D eigenvalue weighted by atomic mass is 10.2. The van der Waals surface area contributed by atoms with Crippen LogP contribution in [-0.2, 0) is 0 Å². The Kier molecular flexibility index (Phi) is 5.50. The lowest BCUT2D eigenvalue weighted by Gasteiger charge is -2.09. The van der Waals surface area contributed by atoms with Crippen molar-refractivity contribution in [3.05, 3.63) is 34.1 Å². The van der Waals surface area contributed by atoms with Gasteiger partial charge in [0, 0.05) is 16.1 Å². The Balaban J connectivity index is 2.59. The molecule has 0 spiro atoms. The molecule has 0 unspecified atom stereocenters. The molecule has 92 valence electrons. The summed E-state index contributed by atoms with van der Waals surface area (Å²) in [6.45, 7) is 3.93. The number of benzene rings is 1. The Morgan fingerprint density at radius 1 is 1.53 bits per heavy atom. The van der Waals surface area contributed by atoms with E-state index in [0.29, 0.717) is 10.7 Å². The average molecular weight is 318 g/mol. The summed E-state index contributed by atoms with van der Waals surface area (Å²) in [6, 6.07) is 4.87. The van der Waals surface area contributed by atoms with Crippen molar-refractivity contribution >= 4 is 39.5 Å². The fourth-order valence-electron chi connectivity index (χ4n) is 1.07. The third kappa shape index (κ3) is 5.23. The van der Waals surface area contributed by atoms with Crippen molar-refractivity contribution in [1.29, 1.82) is 0 Å². The number of nitrogens with zero attached hydrogens (tertiary/aromatic N) is 1. The average Bonchev–Trinajstić information content (AvgIpc) is 2.22. The van der Waals surface area contributed by atoms with E-state index < -0.39 is 0 Å². The summed E-state index contributed by atoms with van der Waals surface area (Å²) in [4.78, 5) is 0. The molecule has 0 saturated heterocycles. The largest absolute Gasteiger partial charge is 0.359 e. The molecule has 0 aliphatic heterocycles. The maximum atomic E-state index is 13.3. The van der Waals surface area contributed by atoms with Crippen LogP contribution in [0.25, 0.3) is 0 Å². The van der Waals surface area contributed by atoms with E-state index >= 15 is 0 Å². The topological polar surface area (TPSA) is 36.4 Å². The summed E-state index contributed by atoms with van der Waals surface area (Å²) >= 11 is 8.23. The molecule has 0 amide bonds. The third-order valence-electron chi connectivity index (χ3n) is 1.75. The Labute approximate surface area is 114 Å². The molecule has 6 heteroatoms. The summed E-state index contributed by atoms with van der Waals surface area (Å²) < 4.78 is 14.1. The molecule has 0 bridgehead atoms. The molecule has 1 aromatic rings. The molecule has 0 aromatic heterocycles. The molecule has 17 heavy (non-hydrogen) atoms. The normalized spacial score (nSPS) is 10.9. The fourth-order valence-corrected chi connectivity index (χ4v) is 1.74. The number of rotatable bonds is 3. The van der Waals surface area contributed by atoms with Gasteiger partial charge in [-0.3, -0.25) is 5.43 Å². The van der Waals surface area contributed by atoms with Crippen LogP contribution in [0.2, 0.25) is 0 Å². The summed E-state index contributed by atoms with van der Waals surface area (Å²) in [6.07, 6.45) is 1.38. The van der Waals surface area contributed by atoms with Crippen LogP contribution in [0, 0.1) is 5.82 Å². The predicted molar refractivity (Wildman–Crippen MR) is 75.7 cm³/mol. The quantitative estimate of drug-likeness (QED) is 0.511. The van der Waals surface area contributed by atoms with Gasteiger partial charge in [0.15, 0.2) is 5.11 Å². The van der Waals surface area contributed by atoms with Gasteiger partial charge in [-0.15, -0.1) is 0 Å². The van der Waals surface area contributed by atoms with Crippen molar-refractivity contribution < 1.29 is 4.39 Å². The Morgan fingerprint density at radius 3 is 2.88 bits per heavy atom. The minimum Gasteiger partial charge on any atom is -0.359 e. The molecule has 0 aliphatic carbocycles. The number of hydrogen-bond donors (Lipinski definition) is 2. The minimum atomic E-state index is -0.332. The zero-order valence-corrected chi connectivity index (χ0v) is 11.9. The standard InChI is InChI=1S/C11H13BrFN3S/c1-7(2)15-11(17)16-14-6-8-5-9(12)3-4-10(8)13/h3-7H,1-2H3,(H2,15,16,17)/b14-6-. The first-order valence-electron chi connectivity index (χ1n) is 5.03. The van der Waals surface area contributed by atoms with Crippen LogP contribution in [0.1, 0.15) is 19.4 Å². The van der Waals surface area contributed by atoms with Gasteiger partial charge in [0.1, 0.15) is 5.82 Å². The zero-order chi connectivity index (χ0) is 12.8. The maximum Gasteiger partial charge on any atom is 0.187 e. The highest BCUT2D eigenvalue weighted by Gasteiger charge is 2.00. The first kappa shape index (κ1) is 14.1. The lowest BCUT2D eigenvalue weighted by molar-refractivity contribution is 0.625. The van der Waals surface area contributed by atoms with Crippen molar-refractivity contribution in [1.82, 2.24) is 10.7 Å². The van der Waals surface area contributed by atoms with Gasteiger partial charge in [-0.2, -0.15) is 5.10 Å². The Hall–Kier alpha value is -1.01. The second-order valence-corrected chi connectivity index (χ2v) is 4.99. The van der Waals surface area contributed by atoms with Gasteiger partial charge in [0.25, 0.3) is 0 Å². The minimum absolute atomic E-state index is 0.229. The van der Waals surface area contributed by atoms with Gasteiger partial charge < -0.3 is 5.32 Å². The van der Waals surface area contributed by atoms with E-state index in [1.807, 2.05) is 13.8 Å². The fraction of sp³-hybridized carbons (Fsp3) is 0.273. The molecular formula is C11H13BrFN3S. The molecule has 0 atom stereocenters. The second-order valence-electron chi connectivity index (χ2n) is 3.66. The van der Waals surface area contributed by atoms with E-state index in [9.17, 15) is 4.39 Å². The van der Waals surface area contributed by atoms with E-state index in [1.54, 1.807) is 12.1 Å². The highest BCUT2D eigenvalue weighted by molar-refractivity contribution is 9.10. The number of nitrogens with one attached hydrogen (secondary N) is 2. The molecule has 1 rings (SSSR count). The van der Waals surface area contributed by atoms with Crippen LogP contribution >= 0.6 is 28.1 Å². The van der Waals surface area contributed by atoms with E-state index in [2.05, 4.69) is 31.8 Å². The summed E-state index contributed by atoms with van der Waals surface area (Å²) in [5.41, 5.74) is 3.01. The van der Waals surface area contributed by atoms with Crippen LogP contribution < -0.4 is 10.7 Å². The number of hydrogen-bond acceptors (Lipinski definition) is 2. The summed E-state index contributed by atoms with van der Waals surface area (Å²) in [7, 11) is 0. The van der Waals surface area contributed by atoms with Crippen LogP contribution in [0.5, 0.6) is 0 Å². The smallest absolute Gasteiger partial charge is 0.187 e. The number of halogens is 2. The van der Waals surface area contributed by atoms with Crippen molar-refractivity contribution in [3.63, 3.8) is 0 Å². The molecule has 0 saturated carbocycles. The van der Waals surface area contributed by atoms with E-state index in [4.69, 9.17) is 12.2 Å². The molecule has 0 fully saturated rings. The van der Waals surface area contributed by atoms with E-state index in [-0.39, 0.29) is 11.9 Å². The number of thiocarbonyl (C=S) groups is 1. The summed E-state index contributed by atoms with van der Waals surface area (Å²) in [5, 5.41) is 7.22. The third-order valence-corrected chi connectivity index (χ3v) is 2.45. The summed E-state index contributed by atoms with van der Waals surface area (Å²) in [5.74, 6) is -0.332. The Morgan fingerprint density at radius 2 is 2.24 bits per heavy atom. The molecule has 0 heterocycles. The van der Waals surface area contributed by atoms with Crippen molar-refractivity contribution in [2.24, 2.45) is 5.10 Å². The zero-order valence-electron chi connectivity index (χ0n) is 9.50. The van der Waals surface area contributed by atoms with Gasteiger partial charge >= 0.3 is 0 Å². The molecule has 3 nitrogen and oxygen atoms in total.